The molecular weight excluding hydrogens is 506 g/mol. The molecule has 0 aliphatic rings. The van der Waals surface area contributed by atoms with Gasteiger partial charge in [0.1, 0.15) is 0 Å². The van der Waals surface area contributed by atoms with Crippen LogP contribution in [0.5, 0.6) is 0 Å². The quantitative estimate of drug-likeness (QED) is 0.0491. The fourth-order valence-electron chi connectivity index (χ4n) is 3.99. The minimum absolute atomic E-state index is 0.317. The van der Waals surface area contributed by atoms with Gasteiger partial charge in [0.25, 0.3) is 0 Å². The Kier molecular flexibility index (Phi) is 24.1. The topological polar surface area (TPSA) is 55.8 Å². The molecule has 0 saturated carbocycles. The average molecular weight is 566 g/mol. The number of unbranched alkanes of at least 4 members (excludes halogenated alkanes) is 16. The van der Waals surface area contributed by atoms with E-state index in [4.69, 9.17) is 9.05 Å². The Bertz CT molecular complexity index is 505. The van der Waals surface area contributed by atoms with Crippen LogP contribution in [0.1, 0.15) is 129 Å². The second-order valence-electron chi connectivity index (χ2n) is 10.9. The first-order valence-corrected chi connectivity index (χ1v) is 22.8. The monoisotopic (exact) mass is 565 g/mol. The summed E-state index contributed by atoms with van der Waals surface area (Å²) in [6.07, 6.45) is 28.9. The second kappa shape index (κ2) is 23.8. The molecule has 34 heavy (non-hydrogen) atoms. The minimum atomic E-state index is -3.85. The van der Waals surface area contributed by atoms with Crippen molar-refractivity contribution in [3.8, 4) is 0 Å². The summed E-state index contributed by atoms with van der Waals surface area (Å²) in [7, 11) is -3.85. The van der Waals surface area contributed by atoms with Gasteiger partial charge in [-0.05, 0) is 25.7 Å². The molecule has 4 nitrogen and oxygen atoms in total. The van der Waals surface area contributed by atoms with Gasteiger partial charge in [-0.1, -0.05) is 76.9 Å². The predicted octanol–water partition coefficient (Wildman–Crippen LogP) is 10.4. The first-order valence-electron chi connectivity index (χ1n) is 14.3. The first-order chi connectivity index (χ1) is 16.3. The molecule has 0 radical (unpaired) electrons. The summed E-state index contributed by atoms with van der Waals surface area (Å²) in [5, 5.41) is 1.13. The summed E-state index contributed by atoms with van der Waals surface area (Å²) >= 11 is -1.44. The zero-order chi connectivity index (χ0) is 25.4. The van der Waals surface area contributed by atoms with Gasteiger partial charge in [-0.3, -0.25) is 0 Å². The zero-order valence-corrected chi connectivity index (χ0v) is 26.0. The van der Waals surface area contributed by atoms with Crippen molar-refractivity contribution in [2.75, 3.05) is 13.2 Å². The normalized spacial score (nSPS) is 14.1. The Morgan fingerprint density at radius 2 is 1.00 bits per heavy atom. The van der Waals surface area contributed by atoms with Crippen LogP contribution in [0.4, 0.5) is 0 Å². The van der Waals surface area contributed by atoms with E-state index in [1.54, 1.807) is 0 Å². The van der Waals surface area contributed by atoms with Crippen molar-refractivity contribution in [3.05, 3.63) is 12.2 Å². The fourth-order valence-corrected chi connectivity index (χ4v) is 7.05. The van der Waals surface area contributed by atoms with Crippen LogP contribution in [-0.4, -0.2) is 31.7 Å². The van der Waals surface area contributed by atoms with Gasteiger partial charge in [0.15, 0.2) is 0 Å². The van der Waals surface area contributed by atoms with Crippen molar-refractivity contribution in [1.82, 2.24) is 0 Å². The number of rotatable bonds is 26. The number of hydrogen-bond donors (Lipinski definition) is 1. The Morgan fingerprint density at radius 1 is 0.618 bits per heavy atom. The van der Waals surface area contributed by atoms with Gasteiger partial charge >= 0.3 is 114 Å². The van der Waals surface area contributed by atoms with E-state index in [1.165, 1.54) is 103 Å². The van der Waals surface area contributed by atoms with E-state index in [9.17, 15) is 9.46 Å². The van der Waals surface area contributed by atoms with Gasteiger partial charge in [-0.15, -0.1) is 0 Å². The van der Waals surface area contributed by atoms with E-state index in [1.807, 2.05) is 0 Å². The predicted molar refractivity (Wildman–Crippen MR) is 152 cm³/mol. The van der Waals surface area contributed by atoms with E-state index in [-0.39, 0.29) is 0 Å². The summed E-state index contributed by atoms with van der Waals surface area (Å²) in [6.45, 7) is 2.91. The molecule has 0 spiro atoms. The van der Waals surface area contributed by atoms with E-state index in [0.717, 1.165) is 24.5 Å². The first kappa shape index (κ1) is 34.4. The molecule has 0 aliphatic carbocycles. The standard InChI is InChI=1S/C28H58AsO4P/c1-5-6-7-8-9-10-11-12-13-14-15-16-17-18-19-20-21-22-23-24-27-32-34(30,31)33-28-25-26-29(2,3)4/h12-13H,5-11,14-28H2,1-4H3/p+1/b13-12-. The third kappa shape index (κ3) is 28.6. The number of allylic oxidation sites excluding steroid dienone is 2. The van der Waals surface area contributed by atoms with E-state index < -0.39 is 21.4 Å². The van der Waals surface area contributed by atoms with Crippen molar-refractivity contribution in [2.24, 2.45) is 0 Å². The van der Waals surface area contributed by atoms with Crippen LogP contribution >= 0.6 is 7.82 Å². The maximum atomic E-state index is 11.9. The van der Waals surface area contributed by atoms with Gasteiger partial charge in [0.05, 0.1) is 0 Å². The van der Waals surface area contributed by atoms with E-state index in [0.29, 0.717) is 13.2 Å². The van der Waals surface area contributed by atoms with Crippen molar-refractivity contribution < 1.29 is 18.5 Å². The maximum absolute atomic E-state index is 11.9. The van der Waals surface area contributed by atoms with Crippen molar-refractivity contribution >= 4 is 21.4 Å². The molecule has 6 heteroatoms. The number of hydrogen-bond acceptors (Lipinski definition) is 3. The second-order valence-corrected chi connectivity index (χ2v) is 22.9. The fraction of sp³-hybridized carbons (Fsp3) is 0.929. The molecular formula is C28H59AsO4P+. The molecule has 0 aromatic carbocycles. The van der Waals surface area contributed by atoms with Gasteiger partial charge in [-0.2, -0.15) is 0 Å². The Morgan fingerprint density at radius 3 is 1.44 bits per heavy atom. The summed E-state index contributed by atoms with van der Waals surface area (Å²) < 4.78 is 22.0. The molecule has 0 fully saturated rings. The molecule has 0 amide bonds. The molecule has 0 bridgehead atoms. The Hall–Kier alpha value is 0.408. The van der Waals surface area contributed by atoms with Crippen molar-refractivity contribution in [3.63, 3.8) is 0 Å². The van der Waals surface area contributed by atoms with Crippen LogP contribution in [0.15, 0.2) is 12.2 Å². The Labute approximate surface area is 216 Å². The van der Waals surface area contributed by atoms with Gasteiger partial charge in [-0.25, -0.2) is 0 Å². The van der Waals surface area contributed by atoms with Crippen LogP contribution in [-0.2, 0) is 13.6 Å². The van der Waals surface area contributed by atoms with Crippen LogP contribution < -0.4 is 0 Å². The molecule has 0 aromatic heterocycles. The summed E-state index contributed by atoms with van der Waals surface area (Å²) in [4.78, 5) is 9.72. The zero-order valence-electron chi connectivity index (χ0n) is 23.3. The summed E-state index contributed by atoms with van der Waals surface area (Å²) in [5.41, 5.74) is 6.97. The number of phosphoric acid groups is 1. The molecule has 0 saturated heterocycles. The summed E-state index contributed by atoms with van der Waals surface area (Å²) in [5.74, 6) is 0. The van der Waals surface area contributed by atoms with Crippen LogP contribution in [0.2, 0.25) is 22.3 Å². The third-order valence-electron chi connectivity index (χ3n) is 6.14. The van der Waals surface area contributed by atoms with E-state index >= 15 is 0 Å². The van der Waals surface area contributed by atoms with Crippen molar-refractivity contribution in [2.45, 2.75) is 151 Å². The molecule has 0 aliphatic heterocycles. The van der Waals surface area contributed by atoms with Gasteiger partial charge in [0, 0.05) is 0 Å². The van der Waals surface area contributed by atoms with E-state index in [2.05, 4.69) is 36.2 Å². The van der Waals surface area contributed by atoms with Gasteiger partial charge in [0.2, 0.25) is 0 Å². The molecule has 204 valence electrons. The van der Waals surface area contributed by atoms with Crippen LogP contribution in [0.3, 0.4) is 0 Å². The Balaban J connectivity index is 3.30. The molecule has 1 unspecified atom stereocenters. The van der Waals surface area contributed by atoms with Crippen molar-refractivity contribution in [1.29, 1.82) is 0 Å². The van der Waals surface area contributed by atoms with Crippen LogP contribution in [0, 0.1) is 0 Å². The summed E-state index contributed by atoms with van der Waals surface area (Å²) in [6, 6.07) is 0. The molecule has 0 rings (SSSR count). The molecule has 0 heterocycles. The number of phosphoric ester groups is 1. The molecule has 0 aromatic rings. The SMILES string of the molecule is CCCCCCCC/C=C\CCCCCCCCCCCCOP(=O)(O)OCCC[As+](C)(C)C. The van der Waals surface area contributed by atoms with Gasteiger partial charge < -0.3 is 0 Å². The third-order valence-corrected chi connectivity index (χ3v) is 10.6. The molecule has 1 N–H and O–H groups in total. The molecule has 1 atom stereocenters. The average Bonchev–Trinajstić information content (AvgIpc) is 2.77. The van der Waals surface area contributed by atoms with Crippen LogP contribution in [0.25, 0.3) is 0 Å².